The number of nitrogens with zero attached hydrogens (tertiary/aromatic N) is 4. The van der Waals surface area contributed by atoms with E-state index in [9.17, 15) is 18.0 Å². The van der Waals surface area contributed by atoms with Crippen LogP contribution in [0, 0.1) is 0 Å². The van der Waals surface area contributed by atoms with E-state index in [4.69, 9.17) is 0 Å². The van der Waals surface area contributed by atoms with E-state index in [1.165, 1.54) is 6.07 Å². The first-order chi connectivity index (χ1) is 12.5. The monoisotopic (exact) mass is 385 g/mol. The molecule has 0 spiro atoms. The van der Waals surface area contributed by atoms with Gasteiger partial charge in [-0.25, -0.2) is 9.50 Å². The van der Waals surface area contributed by atoms with Gasteiger partial charge in [0.1, 0.15) is 5.69 Å². The highest BCUT2D eigenvalue weighted by Crippen LogP contribution is 2.32. The molecule has 0 aliphatic rings. The van der Waals surface area contributed by atoms with Crippen molar-refractivity contribution < 1.29 is 18.0 Å². The molecule has 9 heteroatoms. The van der Waals surface area contributed by atoms with Crippen LogP contribution in [-0.2, 0) is 11.6 Å². The number of amides is 1. The van der Waals surface area contributed by atoms with Crippen LogP contribution in [0.15, 0.2) is 12.1 Å². The van der Waals surface area contributed by atoms with E-state index >= 15 is 0 Å². The van der Waals surface area contributed by atoms with Crippen molar-refractivity contribution >= 4 is 11.6 Å². The zero-order valence-electron chi connectivity index (χ0n) is 16.3. The van der Waals surface area contributed by atoms with E-state index < -0.39 is 23.2 Å². The second-order valence-corrected chi connectivity index (χ2v) is 7.36. The second-order valence-electron chi connectivity index (χ2n) is 7.36. The Kier molecular flexibility index (Phi) is 6.14. The number of alkyl halides is 3. The fraction of sp³-hybridized carbons (Fsp3) is 0.611. The van der Waals surface area contributed by atoms with Crippen molar-refractivity contribution in [3.8, 4) is 0 Å². The smallest absolute Gasteiger partial charge is 0.349 e. The van der Waals surface area contributed by atoms with Crippen molar-refractivity contribution in [2.24, 2.45) is 0 Å². The van der Waals surface area contributed by atoms with Crippen molar-refractivity contribution in [3.05, 3.63) is 29.2 Å². The molecule has 0 fully saturated rings. The zero-order chi connectivity index (χ0) is 20.4. The van der Waals surface area contributed by atoms with Crippen LogP contribution in [0.2, 0.25) is 0 Å². The molecule has 2 rings (SSSR count). The Hall–Kier alpha value is -2.16. The van der Waals surface area contributed by atoms with Gasteiger partial charge in [0, 0.05) is 24.6 Å². The molecule has 0 saturated carbocycles. The summed E-state index contributed by atoms with van der Waals surface area (Å²) in [6.07, 6.45) is -4.61. The minimum Gasteiger partial charge on any atom is -0.349 e. The number of carbonyl (C=O) groups is 1. The first kappa shape index (κ1) is 21.1. The van der Waals surface area contributed by atoms with E-state index in [1.807, 2.05) is 13.8 Å². The third-order valence-electron chi connectivity index (χ3n) is 4.33. The van der Waals surface area contributed by atoms with Gasteiger partial charge in [0.15, 0.2) is 11.3 Å². The van der Waals surface area contributed by atoms with Crippen LogP contribution in [0.3, 0.4) is 0 Å². The van der Waals surface area contributed by atoms with E-state index in [1.54, 1.807) is 20.8 Å². The topological polar surface area (TPSA) is 62.5 Å². The van der Waals surface area contributed by atoms with Crippen molar-refractivity contribution in [1.82, 2.24) is 24.8 Å². The summed E-state index contributed by atoms with van der Waals surface area (Å²) in [5.74, 6) is -0.516. The molecule has 2 heterocycles. The quantitative estimate of drug-likeness (QED) is 0.830. The average Bonchev–Trinajstić information content (AvgIpc) is 3.00. The fourth-order valence-electron chi connectivity index (χ4n) is 2.63. The average molecular weight is 385 g/mol. The predicted molar refractivity (Wildman–Crippen MR) is 96.8 cm³/mol. The lowest BCUT2D eigenvalue weighted by Crippen LogP contribution is -2.35. The van der Waals surface area contributed by atoms with E-state index in [-0.39, 0.29) is 17.0 Å². The lowest BCUT2D eigenvalue weighted by Gasteiger charge is -2.19. The third-order valence-corrected chi connectivity index (χ3v) is 4.33. The molecule has 0 aliphatic carbocycles. The fourth-order valence-corrected chi connectivity index (χ4v) is 2.63. The number of likely N-dealkylation sites (N-methyl/N-ethyl adjacent to an activating group) is 1. The van der Waals surface area contributed by atoms with E-state index in [0.717, 1.165) is 19.2 Å². The van der Waals surface area contributed by atoms with E-state index in [0.29, 0.717) is 17.6 Å². The van der Waals surface area contributed by atoms with Gasteiger partial charge in [-0.15, -0.1) is 0 Å². The minimum atomic E-state index is -4.61. The van der Waals surface area contributed by atoms with Crippen LogP contribution in [0.25, 0.3) is 5.65 Å². The Morgan fingerprint density at radius 1 is 1.19 bits per heavy atom. The molecule has 0 radical (unpaired) electrons. The number of hydrogen-bond donors (Lipinski definition) is 1. The first-order valence-electron chi connectivity index (χ1n) is 8.96. The van der Waals surface area contributed by atoms with Crippen LogP contribution >= 0.6 is 0 Å². The lowest BCUT2D eigenvalue weighted by atomic mass is 9.91. The third kappa shape index (κ3) is 4.97. The number of nitrogens with one attached hydrogen (secondary N) is 1. The summed E-state index contributed by atoms with van der Waals surface area (Å²) < 4.78 is 41.1. The maximum atomic E-state index is 13.5. The van der Waals surface area contributed by atoms with Gasteiger partial charge in [-0.05, 0) is 19.2 Å². The van der Waals surface area contributed by atoms with Crippen LogP contribution < -0.4 is 5.32 Å². The Labute approximate surface area is 156 Å². The van der Waals surface area contributed by atoms with Crippen LogP contribution in [0.1, 0.15) is 56.5 Å². The van der Waals surface area contributed by atoms with Gasteiger partial charge in [-0.3, -0.25) is 4.79 Å². The molecule has 0 aromatic carbocycles. The van der Waals surface area contributed by atoms with Crippen LogP contribution in [0.5, 0.6) is 0 Å². The highest BCUT2D eigenvalue weighted by Gasteiger charge is 2.36. The molecule has 0 aliphatic heterocycles. The largest absolute Gasteiger partial charge is 0.433 e. The minimum absolute atomic E-state index is 0.00337. The Morgan fingerprint density at radius 2 is 1.81 bits per heavy atom. The molecule has 150 valence electrons. The molecule has 2 aromatic rings. The van der Waals surface area contributed by atoms with Gasteiger partial charge in [-0.2, -0.15) is 18.3 Å². The second kappa shape index (κ2) is 7.84. The molecule has 0 unspecified atom stereocenters. The number of fused-ring (bicyclic) bond motifs is 1. The lowest BCUT2D eigenvalue weighted by molar-refractivity contribution is -0.142. The van der Waals surface area contributed by atoms with Gasteiger partial charge in [0.25, 0.3) is 5.91 Å². The number of carbonyl (C=O) groups excluding carboxylic acids is 1. The molecule has 2 aromatic heterocycles. The Bertz CT molecular complexity index is 804. The summed E-state index contributed by atoms with van der Waals surface area (Å²) >= 11 is 0. The number of rotatable bonds is 6. The SMILES string of the molecule is CCN(CC)CCNC(=O)c1cc2nc(C(C)(C)C)cc(C(F)(F)F)n2n1. The molecule has 0 saturated heterocycles. The molecule has 27 heavy (non-hydrogen) atoms. The summed E-state index contributed by atoms with van der Waals surface area (Å²) in [7, 11) is 0. The van der Waals surface area contributed by atoms with Gasteiger partial charge in [-0.1, -0.05) is 34.6 Å². The molecule has 1 amide bonds. The number of hydrogen-bond acceptors (Lipinski definition) is 4. The highest BCUT2D eigenvalue weighted by atomic mass is 19.4. The summed E-state index contributed by atoms with van der Waals surface area (Å²) in [5.41, 5.74) is -1.31. The Balaban J connectivity index is 2.33. The maximum absolute atomic E-state index is 13.5. The Morgan fingerprint density at radius 3 is 2.33 bits per heavy atom. The number of aromatic nitrogens is 3. The molecular formula is C18H26F3N5O. The summed E-state index contributed by atoms with van der Waals surface area (Å²) in [6, 6.07) is 2.28. The van der Waals surface area contributed by atoms with Gasteiger partial charge < -0.3 is 10.2 Å². The molecule has 0 atom stereocenters. The summed E-state index contributed by atoms with van der Waals surface area (Å²) in [4.78, 5) is 18.7. The van der Waals surface area contributed by atoms with Gasteiger partial charge in [0.05, 0.1) is 5.69 Å². The predicted octanol–water partition coefficient (Wildman–Crippen LogP) is 3.12. The summed E-state index contributed by atoms with van der Waals surface area (Å²) in [5, 5.41) is 6.55. The summed E-state index contributed by atoms with van der Waals surface area (Å²) in [6.45, 7) is 12.1. The van der Waals surface area contributed by atoms with Crippen molar-refractivity contribution in [3.63, 3.8) is 0 Å². The molecule has 0 bridgehead atoms. The molecule has 1 N–H and O–H groups in total. The molecular weight excluding hydrogens is 359 g/mol. The van der Waals surface area contributed by atoms with Crippen molar-refractivity contribution in [2.45, 2.75) is 46.2 Å². The maximum Gasteiger partial charge on any atom is 0.433 e. The standard InChI is InChI=1S/C18H26F3N5O/c1-6-25(7-2)9-8-22-16(27)12-10-15-23-13(17(3,4)5)11-14(18(19,20)21)26(15)24-12/h10-11H,6-9H2,1-5H3,(H,22,27). The highest BCUT2D eigenvalue weighted by molar-refractivity contribution is 5.93. The van der Waals surface area contributed by atoms with Crippen molar-refractivity contribution in [2.75, 3.05) is 26.2 Å². The van der Waals surface area contributed by atoms with Gasteiger partial charge >= 0.3 is 6.18 Å². The zero-order valence-corrected chi connectivity index (χ0v) is 16.3. The van der Waals surface area contributed by atoms with Crippen LogP contribution in [-0.4, -0.2) is 51.6 Å². The number of halogens is 3. The van der Waals surface area contributed by atoms with E-state index in [2.05, 4.69) is 20.3 Å². The van der Waals surface area contributed by atoms with Gasteiger partial charge in [0.2, 0.25) is 0 Å². The van der Waals surface area contributed by atoms with Crippen molar-refractivity contribution in [1.29, 1.82) is 0 Å². The van der Waals surface area contributed by atoms with Crippen LogP contribution in [0.4, 0.5) is 13.2 Å². The normalized spacial score (nSPS) is 12.8. The first-order valence-corrected chi connectivity index (χ1v) is 8.96. The molecule has 6 nitrogen and oxygen atoms in total.